The van der Waals surface area contributed by atoms with E-state index < -0.39 is 0 Å². The van der Waals surface area contributed by atoms with Gasteiger partial charge in [-0.25, -0.2) is 0 Å². The van der Waals surface area contributed by atoms with E-state index in [2.05, 4.69) is 0 Å². The Labute approximate surface area is 113 Å². The molecule has 0 aliphatic carbocycles. The molecule has 1 aliphatic heterocycles. The molecule has 102 valence electrons. The van der Waals surface area contributed by atoms with Crippen LogP contribution in [0.25, 0.3) is 0 Å². The van der Waals surface area contributed by atoms with Crippen molar-refractivity contribution in [2.75, 3.05) is 18.0 Å². The highest BCUT2D eigenvalue weighted by atomic mass is 16.5. The average Bonchev–Trinajstić information content (AvgIpc) is 2.50. The summed E-state index contributed by atoms with van der Waals surface area (Å²) in [5, 5.41) is 0. The van der Waals surface area contributed by atoms with Crippen LogP contribution in [0.15, 0.2) is 24.3 Å². The molecule has 1 aliphatic rings. The maximum atomic E-state index is 12.0. The Kier molecular flexibility index (Phi) is 4.20. The first-order chi connectivity index (χ1) is 9.08. The van der Waals surface area contributed by atoms with Gasteiger partial charge in [-0.2, -0.15) is 0 Å². The van der Waals surface area contributed by atoms with Gasteiger partial charge < -0.3 is 9.64 Å². The van der Waals surface area contributed by atoms with Crippen molar-refractivity contribution in [2.24, 2.45) is 0 Å². The highest BCUT2D eigenvalue weighted by molar-refractivity contribution is 6.02. The third kappa shape index (κ3) is 3.34. The first-order valence-electron chi connectivity index (χ1n) is 6.64. The van der Waals surface area contributed by atoms with Gasteiger partial charge in [0, 0.05) is 24.2 Å². The van der Waals surface area contributed by atoms with Crippen LogP contribution in [0.5, 0.6) is 0 Å². The van der Waals surface area contributed by atoms with Crippen molar-refractivity contribution in [1.82, 2.24) is 0 Å². The Morgan fingerprint density at radius 1 is 1.37 bits per heavy atom. The zero-order valence-corrected chi connectivity index (χ0v) is 11.4. The lowest BCUT2D eigenvalue weighted by Gasteiger charge is -2.23. The molecule has 0 aromatic heterocycles. The molecule has 0 unspecified atom stereocenters. The Balaban J connectivity index is 2.19. The maximum absolute atomic E-state index is 12.0. The first-order valence-corrected chi connectivity index (χ1v) is 6.64. The molecule has 1 heterocycles. The van der Waals surface area contributed by atoms with Crippen molar-refractivity contribution in [3.63, 3.8) is 0 Å². The molecule has 19 heavy (non-hydrogen) atoms. The van der Waals surface area contributed by atoms with E-state index in [1.54, 1.807) is 0 Å². The molecule has 2 rings (SSSR count). The zero-order chi connectivity index (χ0) is 13.8. The molecule has 0 fully saturated rings. The molecule has 4 heteroatoms. The fraction of sp³-hybridized carbons (Fsp3) is 0.467. The van der Waals surface area contributed by atoms with Crippen LogP contribution in [0, 0.1) is 0 Å². The van der Waals surface area contributed by atoms with Gasteiger partial charge in [-0.1, -0.05) is 12.1 Å². The van der Waals surface area contributed by atoms with Gasteiger partial charge in [0.2, 0.25) is 0 Å². The molecule has 0 radical (unpaired) electrons. The summed E-state index contributed by atoms with van der Waals surface area (Å²) in [5.74, 6) is -0.102. The normalized spacial score (nSPS) is 15.1. The zero-order valence-electron chi connectivity index (χ0n) is 11.4. The Morgan fingerprint density at radius 3 is 2.84 bits per heavy atom. The number of ether oxygens (including phenoxy) is 1. The van der Waals surface area contributed by atoms with Crippen LogP contribution >= 0.6 is 0 Å². The molecular formula is C15H19NO3. The van der Waals surface area contributed by atoms with Crippen LogP contribution in [-0.4, -0.2) is 30.9 Å². The molecule has 0 bridgehead atoms. The van der Waals surface area contributed by atoms with Crippen LogP contribution in [0.3, 0.4) is 0 Å². The summed E-state index contributed by atoms with van der Waals surface area (Å²) < 4.78 is 5.17. The number of rotatable bonds is 3. The Morgan fingerprint density at radius 2 is 2.11 bits per heavy atom. The number of carbonyl (C=O) groups is 2. The standard InChI is InChI=1S/C15H19NO3/c1-11(2)19-15(18)10-16-9-5-8-14(17)12-6-3-4-7-13(12)16/h3-4,6-7,11H,5,8-10H2,1-2H3. The summed E-state index contributed by atoms with van der Waals surface area (Å²) >= 11 is 0. The van der Waals surface area contributed by atoms with E-state index in [1.165, 1.54) is 0 Å². The topological polar surface area (TPSA) is 46.6 Å². The highest BCUT2D eigenvalue weighted by Crippen LogP contribution is 2.25. The number of benzene rings is 1. The van der Waals surface area contributed by atoms with E-state index in [9.17, 15) is 9.59 Å². The summed E-state index contributed by atoms with van der Waals surface area (Å²) in [4.78, 5) is 25.7. The van der Waals surface area contributed by atoms with Gasteiger partial charge in [0.05, 0.1) is 6.10 Å². The predicted octanol–water partition coefficient (Wildman–Crippen LogP) is 2.42. The van der Waals surface area contributed by atoms with E-state index in [4.69, 9.17) is 4.74 Å². The van der Waals surface area contributed by atoms with Crippen molar-refractivity contribution >= 4 is 17.4 Å². The van der Waals surface area contributed by atoms with E-state index in [0.29, 0.717) is 18.5 Å². The second-order valence-electron chi connectivity index (χ2n) is 5.00. The van der Waals surface area contributed by atoms with Crippen LogP contribution < -0.4 is 4.90 Å². The largest absolute Gasteiger partial charge is 0.462 e. The lowest BCUT2D eigenvalue weighted by molar-refractivity contribution is -0.145. The van der Waals surface area contributed by atoms with Crippen LogP contribution in [0.1, 0.15) is 37.0 Å². The number of hydrogen-bond donors (Lipinski definition) is 0. The minimum atomic E-state index is -0.251. The van der Waals surface area contributed by atoms with Gasteiger partial charge in [0.1, 0.15) is 6.54 Å². The smallest absolute Gasteiger partial charge is 0.325 e. The molecule has 0 amide bonds. The number of fused-ring (bicyclic) bond motifs is 1. The molecule has 0 N–H and O–H groups in total. The second kappa shape index (κ2) is 5.87. The molecule has 1 aromatic rings. The minimum Gasteiger partial charge on any atom is -0.462 e. The number of carbonyl (C=O) groups excluding carboxylic acids is 2. The quantitative estimate of drug-likeness (QED) is 0.784. The van der Waals surface area contributed by atoms with Crippen molar-refractivity contribution in [3.05, 3.63) is 29.8 Å². The Bertz CT molecular complexity index is 482. The van der Waals surface area contributed by atoms with Crippen molar-refractivity contribution in [1.29, 1.82) is 0 Å². The minimum absolute atomic E-state index is 0.114. The fourth-order valence-electron chi connectivity index (χ4n) is 2.29. The monoisotopic (exact) mass is 261 g/mol. The number of anilines is 1. The highest BCUT2D eigenvalue weighted by Gasteiger charge is 2.22. The van der Waals surface area contributed by atoms with Crippen molar-refractivity contribution < 1.29 is 14.3 Å². The second-order valence-corrected chi connectivity index (χ2v) is 5.00. The lowest BCUT2D eigenvalue weighted by Crippen LogP contribution is -2.32. The average molecular weight is 261 g/mol. The lowest BCUT2D eigenvalue weighted by atomic mass is 10.1. The van der Waals surface area contributed by atoms with Crippen LogP contribution in [0.4, 0.5) is 5.69 Å². The number of ketones is 1. The summed E-state index contributed by atoms with van der Waals surface area (Å²) in [6.07, 6.45) is 1.19. The number of Topliss-reactive ketones (excluding diaryl/α,β-unsaturated/α-hetero) is 1. The van der Waals surface area contributed by atoms with Gasteiger partial charge in [-0.3, -0.25) is 9.59 Å². The van der Waals surface area contributed by atoms with E-state index in [0.717, 1.165) is 12.1 Å². The molecule has 0 saturated carbocycles. The van der Waals surface area contributed by atoms with Crippen molar-refractivity contribution in [3.8, 4) is 0 Å². The number of esters is 1. The third-order valence-electron chi connectivity index (χ3n) is 3.06. The first kappa shape index (κ1) is 13.6. The number of para-hydroxylation sites is 1. The fourth-order valence-corrected chi connectivity index (χ4v) is 2.29. The summed E-state index contributed by atoms with van der Waals surface area (Å²) in [6, 6.07) is 7.45. The van der Waals surface area contributed by atoms with Gasteiger partial charge in [0.25, 0.3) is 0 Å². The van der Waals surface area contributed by atoms with Crippen LogP contribution in [0.2, 0.25) is 0 Å². The van der Waals surface area contributed by atoms with Crippen molar-refractivity contribution in [2.45, 2.75) is 32.8 Å². The molecule has 1 aromatic carbocycles. The molecule has 0 atom stereocenters. The molecule has 0 spiro atoms. The van der Waals surface area contributed by atoms with E-state index >= 15 is 0 Å². The number of hydrogen-bond acceptors (Lipinski definition) is 4. The third-order valence-corrected chi connectivity index (χ3v) is 3.06. The van der Waals surface area contributed by atoms with Gasteiger partial charge in [-0.05, 0) is 32.4 Å². The summed E-state index contributed by atoms with van der Waals surface area (Å²) in [7, 11) is 0. The number of nitrogens with zero attached hydrogens (tertiary/aromatic N) is 1. The predicted molar refractivity (Wildman–Crippen MR) is 73.4 cm³/mol. The SMILES string of the molecule is CC(C)OC(=O)CN1CCCC(=O)c2ccccc21. The molecule has 4 nitrogen and oxygen atoms in total. The Hall–Kier alpha value is -1.84. The summed E-state index contributed by atoms with van der Waals surface area (Å²) in [5.41, 5.74) is 1.54. The van der Waals surface area contributed by atoms with E-state index in [-0.39, 0.29) is 24.4 Å². The van der Waals surface area contributed by atoms with Crippen LogP contribution in [-0.2, 0) is 9.53 Å². The maximum Gasteiger partial charge on any atom is 0.325 e. The summed E-state index contributed by atoms with van der Waals surface area (Å²) in [6.45, 7) is 4.56. The molecule has 0 saturated heterocycles. The molecular weight excluding hydrogens is 242 g/mol. The van der Waals surface area contributed by atoms with Gasteiger partial charge in [0.15, 0.2) is 5.78 Å². The van der Waals surface area contributed by atoms with Gasteiger partial charge in [-0.15, -0.1) is 0 Å². The van der Waals surface area contributed by atoms with E-state index in [1.807, 2.05) is 43.0 Å². The van der Waals surface area contributed by atoms with Gasteiger partial charge >= 0.3 is 5.97 Å².